The van der Waals surface area contributed by atoms with Crippen LogP contribution < -0.4 is 0 Å². The van der Waals surface area contributed by atoms with Gasteiger partial charge in [0.05, 0.1) is 20.9 Å². The van der Waals surface area contributed by atoms with Gasteiger partial charge >= 0.3 is 0 Å². The molecule has 70 valence electrons. The Bertz CT molecular complexity index is 497. The quantitative estimate of drug-likeness (QED) is 0.684. The average molecular weight is 202 g/mol. The van der Waals surface area contributed by atoms with E-state index in [1.54, 1.807) is 11.3 Å². The molecule has 1 heterocycles. The summed E-state index contributed by atoms with van der Waals surface area (Å²) < 4.78 is 1.23. The lowest BCUT2D eigenvalue weighted by Crippen LogP contribution is -1.73. The first-order chi connectivity index (χ1) is 6.86. The van der Waals surface area contributed by atoms with Crippen molar-refractivity contribution in [3.05, 3.63) is 23.2 Å². The van der Waals surface area contributed by atoms with Crippen molar-refractivity contribution in [3.8, 4) is 0 Å². The van der Waals surface area contributed by atoms with Crippen LogP contribution in [-0.4, -0.2) is 11.7 Å². The minimum atomic E-state index is 0.743. The van der Waals surface area contributed by atoms with E-state index in [2.05, 4.69) is 22.8 Å². The zero-order valence-corrected chi connectivity index (χ0v) is 8.55. The maximum atomic E-state index is 4.61. The molecule has 0 N–H and O–H groups in total. The molecular formula is C11H10N2S. The van der Waals surface area contributed by atoms with Gasteiger partial charge in [-0.2, -0.15) is 0 Å². The fourth-order valence-corrected chi connectivity index (χ4v) is 2.70. The Hall–Kier alpha value is -1.22. The van der Waals surface area contributed by atoms with Gasteiger partial charge in [0, 0.05) is 5.92 Å². The largest absolute Gasteiger partial charge is 0.265 e. The maximum Gasteiger partial charge on any atom is 0.0969 e. The Morgan fingerprint density at radius 2 is 2.29 bits per heavy atom. The van der Waals surface area contributed by atoms with Crippen molar-refractivity contribution in [2.45, 2.75) is 18.8 Å². The van der Waals surface area contributed by atoms with Crippen molar-refractivity contribution in [1.29, 1.82) is 0 Å². The predicted octanol–water partition coefficient (Wildman–Crippen LogP) is 3.51. The van der Waals surface area contributed by atoms with Gasteiger partial charge in [0.1, 0.15) is 0 Å². The minimum absolute atomic E-state index is 0.743. The summed E-state index contributed by atoms with van der Waals surface area (Å²) in [5.41, 5.74) is 2.03. The van der Waals surface area contributed by atoms with E-state index in [1.165, 1.54) is 22.5 Å². The molecule has 1 fully saturated rings. The van der Waals surface area contributed by atoms with Gasteiger partial charge in [0.2, 0.25) is 0 Å². The maximum absolute atomic E-state index is 4.61. The lowest BCUT2D eigenvalue weighted by atomic mass is 10.3. The van der Waals surface area contributed by atoms with Gasteiger partial charge in [-0.1, -0.05) is 0 Å². The third-order valence-electron chi connectivity index (χ3n) is 2.50. The summed E-state index contributed by atoms with van der Waals surface area (Å²) >= 11 is 1.80. The highest BCUT2D eigenvalue weighted by molar-refractivity contribution is 7.18. The molecule has 14 heavy (non-hydrogen) atoms. The first kappa shape index (κ1) is 8.12. The summed E-state index contributed by atoms with van der Waals surface area (Å²) in [6, 6.07) is 6.05. The van der Waals surface area contributed by atoms with Crippen LogP contribution in [0.1, 0.15) is 23.8 Å². The van der Waals surface area contributed by atoms with Crippen LogP contribution in [0.3, 0.4) is 0 Å². The van der Waals surface area contributed by atoms with Gasteiger partial charge < -0.3 is 0 Å². The summed E-state index contributed by atoms with van der Waals surface area (Å²) in [5.74, 6) is 0.743. The Morgan fingerprint density at radius 1 is 1.43 bits per heavy atom. The molecule has 2 nitrogen and oxygen atoms in total. The van der Waals surface area contributed by atoms with Crippen LogP contribution in [0.5, 0.6) is 0 Å². The molecule has 2 aromatic rings. The van der Waals surface area contributed by atoms with E-state index in [0.717, 1.165) is 17.1 Å². The van der Waals surface area contributed by atoms with Crippen molar-refractivity contribution >= 4 is 34.0 Å². The summed E-state index contributed by atoms with van der Waals surface area (Å²) in [7, 11) is 0. The first-order valence-electron chi connectivity index (χ1n) is 4.74. The highest BCUT2D eigenvalue weighted by atomic mass is 32.1. The highest BCUT2D eigenvalue weighted by Crippen LogP contribution is 2.43. The van der Waals surface area contributed by atoms with E-state index in [1.807, 2.05) is 12.1 Å². The smallest absolute Gasteiger partial charge is 0.0969 e. The summed E-state index contributed by atoms with van der Waals surface area (Å²) in [6.45, 7) is 3.53. The molecule has 1 aromatic carbocycles. The van der Waals surface area contributed by atoms with Crippen LogP contribution in [-0.2, 0) is 0 Å². The van der Waals surface area contributed by atoms with Crippen molar-refractivity contribution in [1.82, 2.24) is 4.98 Å². The number of fused-ring (bicyclic) bond motifs is 1. The molecule has 0 atom stereocenters. The van der Waals surface area contributed by atoms with Gasteiger partial charge in [0.15, 0.2) is 0 Å². The topological polar surface area (TPSA) is 25.2 Å². The lowest BCUT2D eigenvalue weighted by molar-refractivity contribution is 1.10. The fourth-order valence-electron chi connectivity index (χ4n) is 1.53. The highest BCUT2D eigenvalue weighted by Gasteiger charge is 2.26. The number of nitrogens with zero attached hydrogens (tertiary/aromatic N) is 2. The van der Waals surface area contributed by atoms with E-state index in [-0.39, 0.29) is 0 Å². The molecule has 1 aliphatic carbocycles. The van der Waals surface area contributed by atoms with E-state index >= 15 is 0 Å². The molecule has 1 aromatic heterocycles. The second kappa shape index (κ2) is 2.89. The third-order valence-corrected chi connectivity index (χ3v) is 3.68. The van der Waals surface area contributed by atoms with Crippen molar-refractivity contribution in [2.24, 2.45) is 4.99 Å². The Labute approximate surface area is 86.3 Å². The SMILES string of the molecule is C=Nc1ccc2nc(C3CC3)sc2c1. The van der Waals surface area contributed by atoms with E-state index < -0.39 is 0 Å². The molecule has 3 heteroatoms. The molecule has 0 radical (unpaired) electrons. The summed E-state index contributed by atoms with van der Waals surface area (Å²) in [5, 5.41) is 1.29. The zero-order valence-electron chi connectivity index (χ0n) is 7.73. The number of benzene rings is 1. The number of aliphatic imine (C=N–C) groups is 1. The number of hydrogen-bond acceptors (Lipinski definition) is 3. The van der Waals surface area contributed by atoms with Gasteiger partial charge in [-0.15, -0.1) is 11.3 Å². The molecule has 3 rings (SSSR count). The predicted molar refractivity (Wildman–Crippen MR) is 60.8 cm³/mol. The number of rotatable bonds is 2. The van der Waals surface area contributed by atoms with Gasteiger partial charge in [0.25, 0.3) is 0 Å². The summed E-state index contributed by atoms with van der Waals surface area (Å²) in [6.07, 6.45) is 2.62. The van der Waals surface area contributed by atoms with Crippen molar-refractivity contribution in [2.75, 3.05) is 0 Å². The molecular weight excluding hydrogens is 192 g/mol. The molecule has 0 aliphatic heterocycles. The Kier molecular flexibility index (Phi) is 1.67. The zero-order chi connectivity index (χ0) is 9.54. The molecule has 0 saturated heterocycles. The normalized spacial score (nSPS) is 16.0. The van der Waals surface area contributed by atoms with Crippen molar-refractivity contribution in [3.63, 3.8) is 0 Å². The standard InChI is InChI=1S/C11H10N2S/c1-12-8-4-5-9-10(6-8)14-11(13-9)7-2-3-7/h4-7H,1-3H2. The summed E-state index contributed by atoms with van der Waals surface area (Å²) in [4.78, 5) is 8.53. The molecule has 0 amide bonds. The van der Waals surface area contributed by atoms with E-state index in [4.69, 9.17) is 0 Å². The Balaban J connectivity index is 2.17. The molecule has 1 aliphatic rings. The average Bonchev–Trinajstić information content (AvgIpc) is 2.97. The van der Waals surface area contributed by atoms with E-state index in [0.29, 0.717) is 0 Å². The Morgan fingerprint density at radius 3 is 3.00 bits per heavy atom. The van der Waals surface area contributed by atoms with Gasteiger partial charge in [-0.25, -0.2) is 4.98 Å². The fraction of sp³-hybridized carbons (Fsp3) is 0.273. The third kappa shape index (κ3) is 1.24. The van der Waals surface area contributed by atoms with Crippen LogP contribution in [0.2, 0.25) is 0 Å². The monoisotopic (exact) mass is 202 g/mol. The van der Waals surface area contributed by atoms with Gasteiger partial charge in [-0.3, -0.25) is 4.99 Å². The second-order valence-corrected chi connectivity index (χ2v) is 4.70. The van der Waals surface area contributed by atoms with E-state index in [9.17, 15) is 0 Å². The van der Waals surface area contributed by atoms with Crippen LogP contribution in [0.25, 0.3) is 10.2 Å². The van der Waals surface area contributed by atoms with Crippen LogP contribution in [0.4, 0.5) is 5.69 Å². The number of hydrogen-bond donors (Lipinski definition) is 0. The molecule has 1 saturated carbocycles. The lowest BCUT2D eigenvalue weighted by Gasteiger charge is -1.89. The van der Waals surface area contributed by atoms with Crippen LogP contribution in [0.15, 0.2) is 23.2 Å². The molecule has 0 spiro atoms. The van der Waals surface area contributed by atoms with Crippen molar-refractivity contribution < 1.29 is 0 Å². The van der Waals surface area contributed by atoms with Crippen LogP contribution in [0, 0.1) is 0 Å². The number of thiazole rings is 1. The minimum Gasteiger partial charge on any atom is -0.265 e. The van der Waals surface area contributed by atoms with Crippen LogP contribution >= 0.6 is 11.3 Å². The van der Waals surface area contributed by atoms with Gasteiger partial charge in [-0.05, 0) is 37.8 Å². The molecule has 0 unspecified atom stereocenters. The first-order valence-corrected chi connectivity index (χ1v) is 5.55. The molecule has 0 bridgehead atoms. The number of aromatic nitrogens is 1. The second-order valence-electron chi connectivity index (χ2n) is 3.64.